The normalized spacial score (nSPS) is 12.7. The van der Waals surface area contributed by atoms with Crippen LogP contribution in [0.1, 0.15) is 0 Å². The van der Waals surface area contributed by atoms with Crippen LogP contribution in [0, 0.1) is 0 Å². The summed E-state index contributed by atoms with van der Waals surface area (Å²) >= 11 is -2.39. The number of nitrogens with one attached hydrogen (secondary N) is 1. The first-order valence-corrected chi connectivity index (χ1v) is 6.52. The van der Waals surface area contributed by atoms with Gasteiger partial charge in [-0.05, 0) is 24.3 Å². The summed E-state index contributed by atoms with van der Waals surface area (Å²) in [4.78, 5) is 0.153. The second kappa shape index (κ2) is 5.97. The van der Waals surface area contributed by atoms with E-state index in [1.165, 1.54) is 24.3 Å². The number of hydrogen-bond acceptors (Lipinski definition) is 4. The van der Waals surface area contributed by atoms with Crippen LogP contribution in [0.3, 0.4) is 0 Å². The van der Waals surface area contributed by atoms with Crippen LogP contribution in [0.15, 0.2) is 29.2 Å². The average Bonchev–Trinajstić information content (AvgIpc) is 2.02. The van der Waals surface area contributed by atoms with E-state index in [2.05, 4.69) is 4.72 Å². The van der Waals surface area contributed by atoms with Gasteiger partial charge in [0.05, 0.1) is 4.90 Å². The second-order valence-corrected chi connectivity index (χ2v) is 5.32. The Hall–Kier alpha value is 0.0800. The van der Waals surface area contributed by atoms with E-state index < -0.39 is 21.1 Å². The molecule has 0 fully saturated rings. The number of hydrogen-bond donors (Lipinski definition) is 1. The van der Waals surface area contributed by atoms with E-state index in [1.54, 1.807) is 0 Å². The maximum atomic E-state index is 11.0. The molecule has 0 heterocycles. The Bertz CT molecular complexity index is 443. The Morgan fingerprint density at radius 3 is 2.07 bits per heavy atom. The maximum Gasteiger partial charge on any atom is 0.175 e. The van der Waals surface area contributed by atoms with Crippen molar-refractivity contribution in [2.75, 3.05) is 11.0 Å². The van der Waals surface area contributed by atoms with E-state index in [-0.39, 0.29) is 34.5 Å². The van der Waals surface area contributed by atoms with Crippen LogP contribution in [0.25, 0.3) is 0 Å². The minimum Gasteiger partial charge on any atom is -0.755 e. The molecule has 0 amide bonds. The molecular formula is C7H8NNaO4S2-. The third-order valence-corrected chi connectivity index (χ3v) is 3.01. The van der Waals surface area contributed by atoms with Gasteiger partial charge in [-0.3, -0.25) is 4.21 Å². The van der Waals surface area contributed by atoms with Gasteiger partial charge in [-0.15, -0.1) is 0 Å². The van der Waals surface area contributed by atoms with Gasteiger partial charge in [-0.25, -0.2) is 8.42 Å². The second-order valence-electron chi connectivity index (χ2n) is 2.63. The van der Waals surface area contributed by atoms with E-state index in [4.69, 9.17) is 0 Å². The van der Waals surface area contributed by atoms with Gasteiger partial charge in [-0.1, -0.05) is 0 Å². The van der Waals surface area contributed by atoms with Gasteiger partial charge in [-0.2, -0.15) is 0 Å². The number of rotatable bonds is 3. The smallest absolute Gasteiger partial charge is 0.175 e. The predicted molar refractivity (Wildman–Crippen MR) is 57.8 cm³/mol. The van der Waals surface area contributed by atoms with Gasteiger partial charge in [0.2, 0.25) is 0 Å². The fraction of sp³-hybridized carbons (Fsp3) is 0.143. The molecule has 0 bridgehead atoms. The van der Waals surface area contributed by atoms with Crippen LogP contribution < -0.4 is 4.72 Å². The third-order valence-electron chi connectivity index (χ3n) is 1.48. The fourth-order valence-electron chi connectivity index (χ4n) is 0.866. The van der Waals surface area contributed by atoms with E-state index in [0.29, 0.717) is 5.69 Å². The van der Waals surface area contributed by atoms with E-state index in [9.17, 15) is 17.2 Å². The van der Waals surface area contributed by atoms with Crippen LogP contribution >= 0.6 is 0 Å². The first-order chi connectivity index (χ1) is 6.39. The molecule has 15 heavy (non-hydrogen) atoms. The Morgan fingerprint density at radius 2 is 1.73 bits per heavy atom. The molecule has 1 aromatic carbocycles. The standard InChI is InChI=1S/C7H9NO4S2.Na/c1-14(11,12)7-4-2-6(3-5-7)8-13(9)10;/h2-5,8H,1H3,(H,9,10);/p-1. The van der Waals surface area contributed by atoms with Crippen LogP contribution in [-0.4, -0.2) is 53.0 Å². The van der Waals surface area contributed by atoms with Crippen molar-refractivity contribution in [1.82, 2.24) is 0 Å². The first-order valence-electron chi connectivity index (χ1n) is 3.55. The Balaban J connectivity index is 0.00000196. The molecule has 1 atom stereocenters. The third kappa shape index (κ3) is 5.10. The van der Waals surface area contributed by atoms with Crippen molar-refractivity contribution in [1.29, 1.82) is 0 Å². The topological polar surface area (TPSA) is 86.3 Å². The summed E-state index contributed by atoms with van der Waals surface area (Å²) in [7, 11) is -3.23. The molecule has 8 heteroatoms. The van der Waals surface area contributed by atoms with Gasteiger partial charge in [0.25, 0.3) is 0 Å². The summed E-state index contributed by atoms with van der Waals surface area (Å²) in [6, 6.07) is 5.44. The Morgan fingerprint density at radius 1 is 1.27 bits per heavy atom. The van der Waals surface area contributed by atoms with E-state index in [0.717, 1.165) is 6.26 Å². The van der Waals surface area contributed by atoms with Gasteiger partial charge >= 0.3 is 0 Å². The minimum atomic E-state index is -3.23. The van der Waals surface area contributed by atoms with Crippen molar-refractivity contribution in [2.24, 2.45) is 0 Å². The molecule has 0 saturated heterocycles. The summed E-state index contributed by atoms with van der Waals surface area (Å²) in [5.41, 5.74) is 0.325. The maximum absolute atomic E-state index is 11.0. The number of sulfone groups is 1. The molecule has 0 aliphatic rings. The van der Waals surface area contributed by atoms with Crippen LogP contribution in [0.2, 0.25) is 0 Å². The Labute approximate surface area is 113 Å². The molecular weight excluding hydrogens is 249 g/mol. The fourth-order valence-corrected chi connectivity index (χ4v) is 1.83. The summed E-state index contributed by atoms with van der Waals surface area (Å²) < 4.78 is 44.6. The first kappa shape index (κ1) is 15.1. The molecule has 79 valence electrons. The summed E-state index contributed by atoms with van der Waals surface area (Å²) in [5.74, 6) is 0. The van der Waals surface area contributed by atoms with E-state index in [1.807, 2.05) is 0 Å². The van der Waals surface area contributed by atoms with Gasteiger partial charge in [0, 0.05) is 52.8 Å². The molecule has 1 aromatic rings. The molecule has 0 saturated carbocycles. The molecule has 0 spiro atoms. The zero-order valence-corrected chi connectivity index (χ0v) is 11.9. The van der Waals surface area contributed by atoms with Crippen molar-refractivity contribution >= 4 is 56.3 Å². The Kier molecular flexibility index (Phi) is 6.01. The average molecular weight is 257 g/mol. The molecule has 1 unspecified atom stereocenters. The molecule has 1 radical (unpaired) electrons. The van der Waals surface area contributed by atoms with Gasteiger partial charge in [0.15, 0.2) is 9.84 Å². The minimum absolute atomic E-state index is 0. The predicted octanol–water partition coefficient (Wildman–Crippen LogP) is -0.0847. The monoisotopic (exact) mass is 257 g/mol. The molecule has 1 N–H and O–H groups in total. The largest absolute Gasteiger partial charge is 0.755 e. The molecule has 0 aliphatic carbocycles. The zero-order chi connectivity index (χ0) is 10.8. The van der Waals surface area contributed by atoms with Crippen molar-refractivity contribution in [2.45, 2.75) is 4.90 Å². The van der Waals surface area contributed by atoms with Gasteiger partial charge < -0.3 is 9.27 Å². The quantitative estimate of drug-likeness (QED) is 0.606. The number of benzene rings is 1. The van der Waals surface area contributed by atoms with Crippen molar-refractivity contribution in [3.63, 3.8) is 0 Å². The summed E-state index contributed by atoms with van der Waals surface area (Å²) in [6.07, 6.45) is 1.08. The molecule has 5 nitrogen and oxygen atoms in total. The van der Waals surface area contributed by atoms with Crippen LogP contribution in [0.5, 0.6) is 0 Å². The molecule has 0 aliphatic heterocycles. The molecule has 0 aromatic heterocycles. The van der Waals surface area contributed by atoms with Crippen molar-refractivity contribution < 1.29 is 17.2 Å². The van der Waals surface area contributed by atoms with Crippen LogP contribution in [-0.2, 0) is 21.1 Å². The SMILES string of the molecule is CS(=O)(=O)c1ccc(NS(=O)[O-])cc1.[Na]. The van der Waals surface area contributed by atoms with Crippen molar-refractivity contribution in [3.05, 3.63) is 24.3 Å². The number of anilines is 1. The van der Waals surface area contributed by atoms with Crippen LogP contribution in [0.4, 0.5) is 5.69 Å². The van der Waals surface area contributed by atoms with E-state index >= 15 is 0 Å². The summed E-state index contributed by atoms with van der Waals surface area (Å²) in [6.45, 7) is 0. The summed E-state index contributed by atoms with van der Waals surface area (Å²) in [5, 5.41) is 0. The zero-order valence-electron chi connectivity index (χ0n) is 8.26. The van der Waals surface area contributed by atoms with Crippen molar-refractivity contribution in [3.8, 4) is 0 Å². The molecule has 1 rings (SSSR count). The van der Waals surface area contributed by atoms with Gasteiger partial charge in [0.1, 0.15) is 0 Å².